The van der Waals surface area contributed by atoms with Crippen LogP contribution >= 0.6 is 12.2 Å². The number of hydrogen-bond acceptors (Lipinski definition) is 3. The maximum Gasteiger partial charge on any atom is 0.242 e. The average molecular weight is 389 g/mol. The molecule has 5 nitrogen and oxygen atoms in total. The van der Waals surface area contributed by atoms with E-state index in [1.165, 1.54) is 24.8 Å². The lowest BCUT2D eigenvalue weighted by Crippen LogP contribution is -2.44. The van der Waals surface area contributed by atoms with Gasteiger partial charge in [-0.3, -0.25) is 15.6 Å². The second-order valence-corrected chi connectivity index (χ2v) is 6.48. The van der Waals surface area contributed by atoms with Gasteiger partial charge in [-0.15, -0.1) is 0 Å². The van der Waals surface area contributed by atoms with E-state index in [1.54, 1.807) is 6.07 Å². The molecular formula is C20H24FN3O2S. The Morgan fingerprint density at radius 1 is 1.11 bits per heavy atom. The third-order valence-corrected chi connectivity index (χ3v) is 4.13. The van der Waals surface area contributed by atoms with Gasteiger partial charge in [-0.1, -0.05) is 31.5 Å². The van der Waals surface area contributed by atoms with Gasteiger partial charge in [0.1, 0.15) is 0 Å². The minimum atomic E-state index is -0.504. The molecule has 27 heavy (non-hydrogen) atoms. The summed E-state index contributed by atoms with van der Waals surface area (Å²) in [6.45, 7) is 2.17. The first-order valence-electron chi connectivity index (χ1n) is 8.79. The topological polar surface area (TPSA) is 62.4 Å². The molecule has 0 aliphatic heterocycles. The van der Waals surface area contributed by atoms with Crippen molar-refractivity contribution < 1.29 is 13.9 Å². The van der Waals surface area contributed by atoms with Crippen LogP contribution in [0.25, 0.3) is 0 Å². The van der Waals surface area contributed by atoms with Crippen LogP contribution in [0, 0.1) is 5.82 Å². The summed E-state index contributed by atoms with van der Waals surface area (Å²) in [7, 11) is 1.39. The third kappa shape index (κ3) is 6.86. The number of halogens is 1. The molecule has 0 aliphatic rings. The quantitative estimate of drug-likeness (QED) is 0.497. The van der Waals surface area contributed by atoms with Crippen LogP contribution in [0.2, 0.25) is 0 Å². The number of methoxy groups -OCH3 is 1. The van der Waals surface area contributed by atoms with Crippen molar-refractivity contribution in [3.05, 3.63) is 59.4 Å². The summed E-state index contributed by atoms with van der Waals surface area (Å²) < 4.78 is 18.5. The summed E-state index contributed by atoms with van der Waals surface area (Å²) >= 11 is 5.16. The molecule has 0 saturated heterocycles. The lowest BCUT2D eigenvalue weighted by molar-refractivity contribution is -0.120. The zero-order chi connectivity index (χ0) is 19.6. The van der Waals surface area contributed by atoms with Crippen molar-refractivity contribution in [2.75, 3.05) is 12.4 Å². The summed E-state index contributed by atoms with van der Waals surface area (Å²) in [5, 5.41) is 3.27. The number of aryl methyl sites for hydroxylation is 1. The second-order valence-electron chi connectivity index (χ2n) is 6.07. The Labute approximate surface area is 164 Å². The SMILES string of the molecule is CCCCc1ccc(NC(=S)NNC(=O)Cc2ccc(OC)c(F)c2)cc1. The van der Waals surface area contributed by atoms with Gasteiger partial charge in [0, 0.05) is 5.69 Å². The molecule has 144 valence electrons. The van der Waals surface area contributed by atoms with Crippen molar-refractivity contribution in [2.45, 2.75) is 32.6 Å². The molecule has 3 N–H and O–H groups in total. The van der Waals surface area contributed by atoms with Gasteiger partial charge < -0.3 is 10.1 Å². The van der Waals surface area contributed by atoms with Crippen LogP contribution in [0.4, 0.5) is 10.1 Å². The average Bonchev–Trinajstić information content (AvgIpc) is 2.66. The molecular weight excluding hydrogens is 365 g/mol. The molecule has 2 rings (SSSR count). The number of carbonyl (C=O) groups is 1. The fourth-order valence-electron chi connectivity index (χ4n) is 2.47. The van der Waals surface area contributed by atoms with E-state index >= 15 is 0 Å². The zero-order valence-corrected chi connectivity index (χ0v) is 16.3. The number of ether oxygens (including phenoxy) is 1. The highest BCUT2D eigenvalue weighted by Gasteiger charge is 2.08. The van der Waals surface area contributed by atoms with Crippen LogP contribution in [0.5, 0.6) is 5.75 Å². The van der Waals surface area contributed by atoms with Gasteiger partial charge in [-0.25, -0.2) is 4.39 Å². The highest BCUT2D eigenvalue weighted by Crippen LogP contribution is 2.17. The Bertz CT molecular complexity index is 781. The molecule has 0 aliphatic carbocycles. The number of hydrazine groups is 1. The molecule has 0 heterocycles. The molecule has 0 bridgehead atoms. The highest BCUT2D eigenvalue weighted by molar-refractivity contribution is 7.80. The van der Waals surface area contributed by atoms with Gasteiger partial charge in [0.2, 0.25) is 5.91 Å². The van der Waals surface area contributed by atoms with Crippen molar-refractivity contribution in [1.82, 2.24) is 10.9 Å². The Morgan fingerprint density at radius 2 is 1.81 bits per heavy atom. The van der Waals surface area contributed by atoms with Gasteiger partial charge in [0.05, 0.1) is 13.5 Å². The molecule has 0 atom stereocenters. The van der Waals surface area contributed by atoms with E-state index in [0.717, 1.165) is 24.9 Å². The van der Waals surface area contributed by atoms with E-state index in [0.29, 0.717) is 5.56 Å². The minimum absolute atomic E-state index is 0.0165. The van der Waals surface area contributed by atoms with E-state index in [9.17, 15) is 9.18 Å². The predicted molar refractivity (Wildman–Crippen MR) is 109 cm³/mol. The van der Waals surface area contributed by atoms with Crippen LogP contribution < -0.4 is 20.9 Å². The number of hydrogen-bond donors (Lipinski definition) is 3. The summed E-state index contributed by atoms with van der Waals surface area (Å²) in [5.41, 5.74) is 7.78. The maximum absolute atomic E-state index is 13.7. The molecule has 0 fully saturated rings. The first-order valence-corrected chi connectivity index (χ1v) is 9.20. The highest BCUT2D eigenvalue weighted by atomic mass is 32.1. The summed E-state index contributed by atoms with van der Waals surface area (Å²) in [6.07, 6.45) is 3.40. The van der Waals surface area contributed by atoms with Crippen molar-refractivity contribution in [3.8, 4) is 5.75 Å². The summed E-state index contributed by atoms with van der Waals surface area (Å²) in [6, 6.07) is 12.4. The molecule has 2 aromatic rings. The molecule has 0 saturated carbocycles. The summed E-state index contributed by atoms with van der Waals surface area (Å²) in [4.78, 5) is 12.0. The Balaban J connectivity index is 1.77. The number of anilines is 1. The van der Waals surface area contributed by atoms with E-state index in [1.807, 2.05) is 12.1 Å². The Kier molecular flexibility index (Phi) is 8.00. The fraction of sp³-hybridized carbons (Fsp3) is 0.300. The van der Waals surface area contributed by atoms with Gasteiger partial charge in [-0.2, -0.15) is 0 Å². The van der Waals surface area contributed by atoms with E-state index < -0.39 is 5.82 Å². The molecule has 2 aromatic carbocycles. The van der Waals surface area contributed by atoms with Crippen LogP contribution in [0.3, 0.4) is 0 Å². The second kappa shape index (κ2) is 10.5. The lowest BCUT2D eigenvalue weighted by atomic mass is 10.1. The van der Waals surface area contributed by atoms with Crippen molar-refractivity contribution in [2.24, 2.45) is 0 Å². The third-order valence-electron chi connectivity index (χ3n) is 3.93. The minimum Gasteiger partial charge on any atom is -0.494 e. The van der Waals surface area contributed by atoms with E-state index in [2.05, 4.69) is 35.2 Å². The van der Waals surface area contributed by atoms with Gasteiger partial charge >= 0.3 is 0 Å². The fourth-order valence-corrected chi connectivity index (χ4v) is 2.64. The van der Waals surface area contributed by atoms with Crippen molar-refractivity contribution in [3.63, 3.8) is 0 Å². The number of nitrogens with one attached hydrogen (secondary N) is 3. The maximum atomic E-state index is 13.7. The number of thiocarbonyl (C=S) groups is 1. The smallest absolute Gasteiger partial charge is 0.242 e. The molecule has 0 radical (unpaired) electrons. The largest absolute Gasteiger partial charge is 0.494 e. The first-order chi connectivity index (χ1) is 13.0. The number of carbonyl (C=O) groups excluding carboxylic acids is 1. The zero-order valence-electron chi connectivity index (χ0n) is 15.5. The Morgan fingerprint density at radius 3 is 2.44 bits per heavy atom. The molecule has 7 heteroatoms. The molecule has 0 aromatic heterocycles. The first kappa shape index (κ1) is 20.6. The van der Waals surface area contributed by atoms with Gasteiger partial charge in [0.25, 0.3) is 0 Å². The Hall–Kier alpha value is -2.67. The van der Waals surface area contributed by atoms with Crippen LogP contribution in [-0.4, -0.2) is 18.1 Å². The number of amides is 1. The van der Waals surface area contributed by atoms with Crippen molar-refractivity contribution >= 4 is 28.9 Å². The number of benzene rings is 2. The monoisotopic (exact) mass is 389 g/mol. The number of unbranched alkanes of at least 4 members (excludes halogenated alkanes) is 1. The standard InChI is InChI=1S/C20H24FN3O2S/c1-3-4-5-14-6-9-16(10-7-14)22-20(27)24-23-19(25)13-15-8-11-18(26-2)17(21)12-15/h6-12H,3-5,13H2,1-2H3,(H,23,25)(H2,22,24,27). The van der Waals surface area contributed by atoms with Crippen LogP contribution in [0.15, 0.2) is 42.5 Å². The van der Waals surface area contributed by atoms with Crippen LogP contribution in [0.1, 0.15) is 30.9 Å². The molecule has 0 unspecified atom stereocenters. The van der Waals surface area contributed by atoms with E-state index in [-0.39, 0.29) is 23.2 Å². The molecule has 0 spiro atoms. The number of rotatable bonds is 7. The van der Waals surface area contributed by atoms with E-state index in [4.69, 9.17) is 17.0 Å². The van der Waals surface area contributed by atoms with Crippen molar-refractivity contribution in [1.29, 1.82) is 0 Å². The summed E-state index contributed by atoms with van der Waals surface area (Å²) in [5.74, 6) is -0.697. The van der Waals surface area contributed by atoms with Crippen LogP contribution in [-0.2, 0) is 17.6 Å². The predicted octanol–water partition coefficient (Wildman–Crippen LogP) is 3.74. The lowest BCUT2D eigenvalue weighted by Gasteiger charge is -2.12. The van der Waals surface area contributed by atoms with Gasteiger partial charge in [0.15, 0.2) is 16.7 Å². The van der Waals surface area contributed by atoms with Gasteiger partial charge in [-0.05, 0) is 60.5 Å². The molecule has 1 amide bonds. The normalized spacial score (nSPS) is 10.2.